The number of aliphatic hydroxyl groups is 1. The van der Waals surface area contributed by atoms with E-state index in [4.69, 9.17) is 9.84 Å². The first kappa shape index (κ1) is 9.39. The summed E-state index contributed by atoms with van der Waals surface area (Å²) in [4.78, 5) is 10.3. The van der Waals surface area contributed by atoms with Gasteiger partial charge in [0.15, 0.2) is 0 Å². The lowest BCUT2D eigenvalue weighted by Gasteiger charge is -2.10. The molecule has 0 aromatic rings. The van der Waals surface area contributed by atoms with E-state index >= 15 is 0 Å². The van der Waals surface area contributed by atoms with Crippen LogP contribution in [0.15, 0.2) is 0 Å². The van der Waals surface area contributed by atoms with E-state index in [2.05, 4.69) is 5.32 Å². The zero-order valence-electron chi connectivity index (χ0n) is 6.26. The molecule has 1 atom stereocenters. The zero-order chi connectivity index (χ0) is 7.98. The predicted molar refractivity (Wildman–Crippen MR) is 36.3 cm³/mol. The number of amides is 1. The molecule has 4 nitrogen and oxygen atoms in total. The van der Waals surface area contributed by atoms with E-state index in [9.17, 15) is 4.79 Å². The lowest BCUT2D eigenvalue weighted by molar-refractivity contribution is -0.120. The smallest absolute Gasteiger partial charge is 0.216 e. The van der Waals surface area contributed by atoms with Crippen molar-refractivity contribution in [2.75, 3.05) is 13.3 Å². The quantitative estimate of drug-likeness (QED) is 0.526. The summed E-state index contributed by atoms with van der Waals surface area (Å²) in [6, 6.07) is 0. The van der Waals surface area contributed by atoms with Gasteiger partial charge in [0.25, 0.3) is 0 Å². The first-order valence-corrected chi connectivity index (χ1v) is 3.13. The molecule has 2 N–H and O–H groups in total. The molecule has 4 heteroatoms. The van der Waals surface area contributed by atoms with Gasteiger partial charge in [0, 0.05) is 13.5 Å². The third-order valence-electron chi connectivity index (χ3n) is 0.998. The first-order valence-electron chi connectivity index (χ1n) is 3.13. The van der Waals surface area contributed by atoms with E-state index < -0.39 is 0 Å². The van der Waals surface area contributed by atoms with Gasteiger partial charge in [-0.3, -0.25) is 4.79 Å². The highest BCUT2D eigenvalue weighted by Crippen LogP contribution is 1.85. The molecule has 0 saturated heterocycles. The number of aliphatic hydroxyl groups excluding tert-OH is 1. The molecule has 0 aliphatic carbocycles. The van der Waals surface area contributed by atoms with E-state index in [-0.39, 0.29) is 18.8 Å². The van der Waals surface area contributed by atoms with Crippen LogP contribution in [0, 0.1) is 0 Å². The average Bonchev–Trinajstić information content (AvgIpc) is 1.85. The third kappa shape index (κ3) is 5.53. The van der Waals surface area contributed by atoms with Gasteiger partial charge in [-0.15, -0.1) is 0 Å². The SMILES string of the molecule is CC(=O)NC[C@@H](C)OCO. The molecule has 0 unspecified atom stereocenters. The van der Waals surface area contributed by atoms with Crippen LogP contribution in [0.2, 0.25) is 0 Å². The van der Waals surface area contributed by atoms with Crippen molar-refractivity contribution in [1.82, 2.24) is 5.32 Å². The second-order valence-corrected chi connectivity index (χ2v) is 2.04. The molecule has 0 rings (SSSR count). The molecule has 10 heavy (non-hydrogen) atoms. The predicted octanol–water partition coefficient (Wildman–Crippen LogP) is -0.523. The van der Waals surface area contributed by atoms with Crippen molar-refractivity contribution in [2.45, 2.75) is 20.0 Å². The lowest BCUT2D eigenvalue weighted by Crippen LogP contribution is -2.30. The van der Waals surface area contributed by atoms with Crippen molar-refractivity contribution >= 4 is 5.91 Å². The molecule has 60 valence electrons. The van der Waals surface area contributed by atoms with Gasteiger partial charge in [0.1, 0.15) is 6.79 Å². The molecule has 0 aliphatic heterocycles. The fraction of sp³-hybridized carbons (Fsp3) is 0.833. The van der Waals surface area contributed by atoms with Crippen LogP contribution in [0.1, 0.15) is 13.8 Å². The van der Waals surface area contributed by atoms with Gasteiger partial charge in [-0.05, 0) is 6.92 Å². The Morgan fingerprint density at radius 1 is 1.80 bits per heavy atom. The van der Waals surface area contributed by atoms with Crippen LogP contribution >= 0.6 is 0 Å². The minimum absolute atomic E-state index is 0.0895. The highest BCUT2D eigenvalue weighted by Gasteiger charge is 2.00. The second kappa shape index (κ2) is 5.20. The Hall–Kier alpha value is -0.610. The minimum Gasteiger partial charge on any atom is -0.371 e. The molecule has 0 aromatic carbocycles. The number of carbonyl (C=O) groups is 1. The van der Waals surface area contributed by atoms with E-state index in [1.165, 1.54) is 6.92 Å². The Bertz CT molecular complexity index is 105. The van der Waals surface area contributed by atoms with Crippen molar-refractivity contribution in [3.63, 3.8) is 0 Å². The highest BCUT2D eigenvalue weighted by atomic mass is 16.6. The summed E-state index contributed by atoms with van der Waals surface area (Å²) in [5.41, 5.74) is 0. The second-order valence-electron chi connectivity index (χ2n) is 2.04. The number of hydrogen-bond acceptors (Lipinski definition) is 3. The van der Waals surface area contributed by atoms with Crippen LogP contribution in [-0.2, 0) is 9.53 Å². The van der Waals surface area contributed by atoms with E-state index in [0.29, 0.717) is 6.54 Å². The van der Waals surface area contributed by atoms with Gasteiger partial charge in [-0.25, -0.2) is 0 Å². The number of hydrogen-bond donors (Lipinski definition) is 2. The lowest BCUT2D eigenvalue weighted by atomic mass is 10.4. The van der Waals surface area contributed by atoms with Crippen molar-refractivity contribution < 1.29 is 14.6 Å². The maximum Gasteiger partial charge on any atom is 0.216 e. The number of nitrogens with one attached hydrogen (secondary N) is 1. The number of rotatable bonds is 4. The summed E-state index contributed by atoms with van der Waals surface area (Å²) in [6.07, 6.45) is -0.131. The molecule has 0 aromatic heterocycles. The normalized spacial score (nSPS) is 12.7. The Morgan fingerprint density at radius 3 is 2.80 bits per heavy atom. The Kier molecular flexibility index (Phi) is 4.88. The maximum atomic E-state index is 10.3. The Labute approximate surface area is 60.2 Å². The van der Waals surface area contributed by atoms with Crippen LogP contribution in [0.25, 0.3) is 0 Å². The van der Waals surface area contributed by atoms with Gasteiger partial charge in [-0.1, -0.05) is 0 Å². The topological polar surface area (TPSA) is 58.6 Å². The van der Waals surface area contributed by atoms with Crippen molar-refractivity contribution in [3.8, 4) is 0 Å². The van der Waals surface area contributed by atoms with Crippen LogP contribution in [0.3, 0.4) is 0 Å². The van der Waals surface area contributed by atoms with Gasteiger partial charge in [-0.2, -0.15) is 0 Å². The number of carbonyl (C=O) groups excluding carboxylic acids is 1. The molecule has 1 amide bonds. The fourth-order valence-corrected chi connectivity index (χ4v) is 0.474. The number of ether oxygens (including phenoxy) is 1. The standard InChI is InChI=1S/C6H13NO3/c1-5(10-4-8)3-7-6(2)9/h5,8H,3-4H2,1-2H3,(H,7,9)/t5-/m1/s1. The largest absolute Gasteiger partial charge is 0.371 e. The third-order valence-corrected chi connectivity index (χ3v) is 0.998. The summed E-state index contributed by atoms with van der Waals surface area (Å²) in [7, 11) is 0. The summed E-state index contributed by atoms with van der Waals surface area (Å²) < 4.78 is 4.73. The first-order chi connectivity index (χ1) is 4.66. The van der Waals surface area contributed by atoms with Crippen LogP contribution in [-0.4, -0.2) is 30.5 Å². The highest BCUT2D eigenvalue weighted by molar-refractivity contribution is 5.72. The van der Waals surface area contributed by atoms with Gasteiger partial charge in [0.05, 0.1) is 6.10 Å². The van der Waals surface area contributed by atoms with Crippen molar-refractivity contribution in [3.05, 3.63) is 0 Å². The fourth-order valence-electron chi connectivity index (χ4n) is 0.474. The molecule has 0 aliphatic rings. The summed E-state index contributed by atoms with van der Waals surface area (Å²) in [6.45, 7) is 3.34. The van der Waals surface area contributed by atoms with Crippen molar-refractivity contribution in [2.24, 2.45) is 0 Å². The Morgan fingerprint density at radius 2 is 2.40 bits per heavy atom. The maximum absolute atomic E-state index is 10.3. The molecule has 0 fully saturated rings. The molecule has 0 radical (unpaired) electrons. The average molecular weight is 147 g/mol. The summed E-state index contributed by atoms with van der Waals surface area (Å²) in [5.74, 6) is -0.0895. The van der Waals surface area contributed by atoms with Gasteiger partial charge < -0.3 is 15.2 Å². The zero-order valence-corrected chi connectivity index (χ0v) is 6.26. The van der Waals surface area contributed by atoms with Crippen LogP contribution < -0.4 is 5.32 Å². The van der Waals surface area contributed by atoms with E-state index in [0.717, 1.165) is 0 Å². The summed E-state index contributed by atoms with van der Waals surface area (Å²) in [5, 5.41) is 10.8. The monoisotopic (exact) mass is 147 g/mol. The van der Waals surface area contributed by atoms with E-state index in [1.54, 1.807) is 6.92 Å². The molecule has 0 bridgehead atoms. The molecule has 0 heterocycles. The van der Waals surface area contributed by atoms with E-state index in [1.807, 2.05) is 0 Å². The molecule has 0 saturated carbocycles. The molecular formula is C6H13NO3. The van der Waals surface area contributed by atoms with Gasteiger partial charge >= 0.3 is 0 Å². The van der Waals surface area contributed by atoms with Crippen molar-refractivity contribution in [1.29, 1.82) is 0 Å². The Balaban J connectivity index is 3.21. The summed E-state index contributed by atoms with van der Waals surface area (Å²) >= 11 is 0. The van der Waals surface area contributed by atoms with Crippen LogP contribution in [0.5, 0.6) is 0 Å². The van der Waals surface area contributed by atoms with Crippen LogP contribution in [0.4, 0.5) is 0 Å². The molecule has 0 spiro atoms. The molecular weight excluding hydrogens is 134 g/mol. The minimum atomic E-state index is -0.305. The van der Waals surface area contributed by atoms with Gasteiger partial charge in [0.2, 0.25) is 5.91 Å².